The van der Waals surface area contributed by atoms with Gasteiger partial charge in [-0.1, -0.05) is 13.5 Å². The smallest absolute Gasteiger partial charge is 0.402 e. The first kappa shape index (κ1) is 20.5. The molecule has 0 unspecified atom stereocenters. The first-order valence-electron chi connectivity index (χ1n) is 7.34. The number of hydrogen-bond acceptors (Lipinski definition) is 6. The summed E-state index contributed by atoms with van der Waals surface area (Å²) >= 11 is 0. The van der Waals surface area contributed by atoms with Gasteiger partial charge < -0.3 is 9.47 Å². The fourth-order valence-corrected chi connectivity index (χ4v) is 2.56. The van der Waals surface area contributed by atoms with Gasteiger partial charge in [0.1, 0.15) is 5.60 Å². The number of esters is 2. The fraction of sp³-hybridized carbons (Fsp3) is 0.714. The predicted octanol–water partition coefficient (Wildman–Crippen LogP) is 2.22. The summed E-state index contributed by atoms with van der Waals surface area (Å²) in [4.78, 5) is 23.4. The summed E-state index contributed by atoms with van der Waals surface area (Å²) in [6.07, 6.45) is 3.12. The summed E-state index contributed by atoms with van der Waals surface area (Å²) in [5.41, 5.74) is -0.878. The molecule has 7 nitrogen and oxygen atoms in total. The van der Waals surface area contributed by atoms with E-state index >= 15 is 0 Å². The van der Waals surface area contributed by atoms with Crippen LogP contribution >= 0.6 is 0 Å². The second-order valence-corrected chi connectivity index (χ2v) is 7.23. The van der Waals surface area contributed by atoms with Gasteiger partial charge in [0.2, 0.25) is 0 Å². The lowest BCUT2D eigenvalue weighted by molar-refractivity contribution is -0.157. The molecule has 10 heteroatoms. The molecule has 0 bridgehead atoms. The first-order valence-corrected chi connectivity index (χ1v) is 8.78. The minimum atomic E-state index is -5.69. The third-order valence-corrected chi connectivity index (χ3v) is 4.77. The molecule has 0 atom stereocenters. The third-order valence-electron chi connectivity index (χ3n) is 3.89. The Morgan fingerprint density at radius 2 is 1.83 bits per heavy atom. The van der Waals surface area contributed by atoms with Crippen LogP contribution in [0.5, 0.6) is 0 Å². The minimum Gasteiger partial charge on any atom is -0.458 e. The summed E-state index contributed by atoms with van der Waals surface area (Å²) in [6, 6.07) is 0. The van der Waals surface area contributed by atoms with Gasteiger partial charge in [-0.2, -0.15) is 17.2 Å². The Hall–Kier alpha value is -1.55. The van der Waals surface area contributed by atoms with Gasteiger partial charge in [0.15, 0.2) is 6.61 Å². The number of carbonyl (C=O) groups is 2. The number of alkyl halides is 2. The van der Waals surface area contributed by atoms with Crippen molar-refractivity contribution in [2.75, 3.05) is 6.61 Å². The Morgan fingerprint density at radius 1 is 1.29 bits per heavy atom. The van der Waals surface area contributed by atoms with Gasteiger partial charge >= 0.3 is 27.3 Å². The molecule has 1 aliphatic rings. The maximum absolute atomic E-state index is 12.9. The molecule has 1 saturated carbocycles. The van der Waals surface area contributed by atoms with E-state index in [0.717, 1.165) is 12.8 Å². The van der Waals surface area contributed by atoms with Gasteiger partial charge in [0, 0.05) is 5.57 Å². The highest BCUT2D eigenvalue weighted by atomic mass is 32.2. The molecule has 138 valence electrons. The van der Waals surface area contributed by atoms with Crippen molar-refractivity contribution in [1.82, 2.24) is 0 Å². The van der Waals surface area contributed by atoms with E-state index in [2.05, 4.69) is 11.3 Å². The highest BCUT2D eigenvalue weighted by molar-refractivity contribution is 7.86. The molecular formula is C14H20F2O7S. The van der Waals surface area contributed by atoms with Crippen molar-refractivity contribution in [1.29, 1.82) is 0 Å². The molecule has 1 rings (SSSR count). The number of carbonyl (C=O) groups excluding carboxylic acids is 2. The summed E-state index contributed by atoms with van der Waals surface area (Å²) < 4.78 is 64.4. The van der Waals surface area contributed by atoms with Crippen LogP contribution in [-0.2, 0) is 29.2 Å². The van der Waals surface area contributed by atoms with E-state index in [4.69, 9.17) is 9.29 Å². The summed E-state index contributed by atoms with van der Waals surface area (Å²) in [7, 11) is -5.69. The van der Waals surface area contributed by atoms with Crippen LogP contribution in [0.25, 0.3) is 0 Å². The third kappa shape index (κ3) is 5.23. The average Bonchev–Trinajstić information content (AvgIpc) is 2.93. The van der Waals surface area contributed by atoms with Gasteiger partial charge in [-0.25, -0.2) is 4.79 Å². The van der Waals surface area contributed by atoms with Crippen molar-refractivity contribution in [3.05, 3.63) is 12.2 Å². The van der Waals surface area contributed by atoms with E-state index < -0.39 is 45.9 Å². The summed E-state index contributed by atoms with van der Waals surface area (Å²) in [6.45, 7) is 3.38. The highest BCUT2D eigenvalue weighted by Gasteiger charge is 2.45. The molecule has 0 aromatic rings. The zero-order chi connectivity index (χ0) is 18.6. The number of ether oxygens (including phenoxy) is 2. The van der Waals surface area contributed by atoms with Crippen LogP contribution < -0.4 is 0 Å². The van der Waals surface area contributed by atoms with E-state index in [1.807, 2.05) is 6.92 Å². The number of hydrogen-bond donors (Lipinski definition) is 1. The van der Waals surface area contributed by atoms with Crippen molar-refractivity contribution in [2.45, 2.75) is 56.3 Å². The van der Waals surface area contributed by atoms with E-state index in [1.54, 1.807) is 0 Å². The molecule has 0 saturated heterocycles. The average molecular weight is 370 g/mol. The van der Waals surface area contributed by atoms with E-state index in [0.29, 0.717) is 19.3 Å². The van der Waals surface area contributed by atoms with E-state index in [9.17, 15) is 26.8 Å². The molecular weight excluding hydrogens is 350 g/mol. The van der Waals surface area contributed by atoms with Crippen LogP contribution in [0, 0.1) is 0 Å². The van der Waals surface area contributed by atoms with E-state index in [-0.39, 0.29) is 5.57 Å². The second-order valence-electron chi connectivity index (χ2n) is 5.69. The minimum absolute atomic E-state index is 0.283. The largest absolute Gasteiger partial charge is 0.458 e. The predicted molar refractivity (Wildman–Crippen MR) is 78.8 cm³/mol. The van der Waals surface area contributed by atoms with E-state index in [1.165, 1.54) is 0 Å². The van der Waals surface area contributed by atoms with Crippen molar-refractivity contribution in [3.8, 4) is 0 Å². The molecule has 1 aliphatic carbocycles. The second kappa shape index (κ2) is 7.56. The normalized spacial score (nSPS) is 17.3. The van der Waals surface area contributed by atoms with Gasteiger partial charge in [-0.3, -0.25) is 9.35 Å². The molecule has 0 heterocycles. The SMILES string of the molecule is C=C(CC(=O)OCC(F)(F)S(=O)(=O)O)C(=O)OC1(CC)CCCC1. The molecule has 1 N–H and O–H groups in total. The molecule has 24 heavy (non-hydrogen) atoms. The number of rotatable bonds is 8. The topological polar surface area (TPSA) is 107 Å². The standard InChI is InChI=1S/C14H20F2O7S/c1-3-13(6-4-5-7-13)23-12(18)10(2)8-11(17)22-9-14(15,16)24(19,20)21/h2-9H2,1H3,(H,19,20,21). The monoisotopic (exact) mass is 370 g/mol. The lowest BCUT2D eigenvalue weighted by atomic mass is 9.98. The molecule has 0 aromatic heterocycles. The van der Waals surface area contributed by atoms with Crippen LogP contribution in [0.4, 0.5) is 8.78 Å². The van der Waals surface area contributed by atoms with Crippen molar-refractivity contribution < 1.29 is 40.8 Å². The maximum Gasteiger partial charge on any atom is 0.402 e. The number of halogens is 2. The van der Waals surface area contributed by atoms with Gasteiger partial charge in [0.25, 0.3) is 0 Å². The summed E-state index contributed by atoms with van der Waals surface area (Å²) in [5, 5.41) is -4.62. The van der Waals surface area contributed by atoms with Crippen molar-refractivity contribution in [2.24, 2.45) is 0 Å². The van der Waals surface area contributed by atoms with Gasteiger partial charge in [-0.15, -0.1) is 0 Å². The van der Waals surface area contributed by atoms with Crippen LogP contribution in [0.15, 0.2) is 12.2 Å². The Balaban J connectivity index is 2.52. The Morgan fingerprint density at radius 3 is 2.29 bits per heavy atom. The zero-order valence-electron chi connectivity index (χ0n) is 13.2. The fourth-order valence-electron chi connectivity index (χ4n) is 2.35. The van der Waals surface area contributed by atoms with Crippen LogP contribution in [-0.4, -0.2) is 42.4 Å². The summed E-state index contributed by atoms with van der Waals surface area (Å²) in [5.74, 6) is -2.10. The highest BCUT2D eigenvalue weighted by Crippen LogP contribution is 2.36. The van der Waals surface area contributed by atoms with Crippen LogP contribution in [0.1, 0.15) is 45.4 Å². The molecule has 0 spiro atoms. The van der Waals surface area contributed by atoms with Crippen molar-refractivity contribution in [3.63, 3.8) is 0 Å². The molecule has 0 amide bonds. The molecule has 0 aliphatic heterocycles. The quantitative estimate of drug-likeness (QED) is 0.396. The lowest BCUT2D eigenvalue weighted by Gasteiger charge is -2.28. The Labute approximate surface area is 138 Å². The van der Waals surface area contributed by atoms with Crippen molar-refractivity contribution >= 4 is 22.1 Å². The maximum atomic E-state index is 12.9. The van der Waals surface area contributed by atoms with Gasteiger partial charge in [0.05, 0.1) is 6.42 Å². The zero-order valence-corrected chi connectivity index (χ0v) is 14.0. The first-order chi connectivity index (χ1) is 10.9. The van der Waals surface area contributed by atoms with Crippen LogP contribution in [0.2, 0.25) is 0 Å². The molecule has 0 aromatic carbocycles. The van der Waals surface area contributed by atoms with Gasteiger partial charge in [-0.05, 0) is 32.1 Å². The molecule has 1 fully saturated rings. The Bertz CT molecular complexity index is 607. The van der Waals surface area contributed by atoms with Crippen LogP contribution in [0.3, 0.4) is 0 Å². The molecule has 0 radical (unpaired) electrons. The Kier molecular flexibility index (Phi) is 6.45. The lowest BCUT2D eigenvalue weighted by Crippen LogP contribution is -2.35.